The first-order valence-electron chi connectivity index (χ1n) is 7.33. The van der Waals surface area contributed by atoms with Crippen molar-refractivity contribution in [2.24, 2.45) is 0 Å². The van der Waals surface area contributed by atoms with Gasteiger partial charge in [-0.15, -0.1) is 0 Å². The molecule has 0 spiro atoms. The predicted octanol–water partition coefficient (Wildman–Crippen LogP) is 1.55. The van der Waals surface area contributed by atoms with E-state index in [2.05, 4.69) is 15.1 Å². The number of imidazole rings is 1. The van der Waals surface area contributed by atoms with Crippen LogP contribution in [0.25, 0.3) is 0 Å². The van der Waals surface area contributed by atoms with Crippen LogP contribution in [-0.4, -0.2) is 43.6 Å². The summed E-state index contributed by atoms with van der Waals surface area (Å²) in [6, 6.07) is 1.99. The highest BCUT2D eigenvalue weighted by Gasteiger charge is 2.29. The van der Waals surface area contributed by atoms with Gasteiger partial charge in [-0.05, 0) is 33.3 Å². The fourth-order valence-electron chi connectivity index (χ4n) is 2.91. The number of hydrogen-bond acceptors (Lipinski definition) is 3. The maximum atomic E-state index is 12.4. The molecule has 6 nitrogen and oxygen atoms in total. The number of rotatable bonds is 3. The van der Waals surface area contributed by atoms with Crippen molar-refractivity contribution in [2.75, 3.05) is 13.1 Å². The Labute approximate surface area is 124 Å². The molecule has 21 heavy (non-hydrogen) atoms. The Morgan fingerprint density at radius 1 is 1.43 bits per heavy atom. The Balaban J connectivity index is 1.63. The molecule has 0 aliphatic carbocycles. The second-order valence-electron chi connectivity index (χ2n) is 5.86. The smallest absolute Gasteiger partial charge is 0.244 e. The zero-order chi connectivity index (χ0) is 15.0. The Bertz CT molecular complexity index is 657. The van der Waals surface area contributed by atoms with E-state index in [4.69, 9.17) is 0 Å². The van der Waals surface area contributed by atoms with Crippen LogP contribution in [0.15, 0.2) is 12.3 Å². The Hall–Kier alpha value is -2.11. The van der Waals surface area contributed by atoms with Crippen molar-refractivity contribution in [3.63, 3.8) is 0 Å². The monoisotopic (exact) mass is 287 g/mol. The third-order valence-corrected chi connectivity index (χ3v) is 4.04. The zero-order valence-electron chi connectivity index (χ0n) is 12.8. The number of carbonyl (C=O) groups excluding carboxylic acids is 1. The Kier molecular flexibility index (Phi) is 3.53. The van der Waals surface area contributed by atoms with Crippen LogP contribution in [0.1, 0.15) is 35.2 Å². The number of carbonyl (C=O) groups is 1. The summed E-state index contributed by atoms with van der Waals surface area (Å²) >= 11 is 0. The first-order valence-corrected chi connectivity index (χ1v) is 7.33. The van der Waals surface area contributed by atoms with Crippen LogP contribution in [-0.2, 0) is 11.3 Å². The lowest BCUT2D eigenvalue weighted by molar-refractivity contribution is -0.131. The molecule has 6 heteroatoms. The van der Waals surface area contributed by atoms with Crippen molar-refractivity contribution >= 4 is 5.91 Å². The normalized spacial score (nSPS) is 18.4. The topological polar surface area (TPSA) is 66.8 Å². The molecule has 0 saturated carbocycles. The molecule has 0 radical (unpaired) electrons. The summed E-state index contributed by atoms with van der Waals surface area (Å²) in [5.41, 5.74) is 3.04. The minimum atomic E-state index is 0.131. The molecule has 0 bridgehead atoms. The first kappa shape index (κ1) is 13.9. The quantitative estimate of drug-likeness (QED) is 0.931. The van der Waals surface area contributed by atoms with E-state index in [0.29, 0.717) is 12.5 Å². The largest absolute Gasteiger partial charge is 0.346 e. The van der Waals surface area contributed by atoms with Crippen molar-refractivity contribution in [1.82, 2.24) is 24.6 Å². The van der Waals surface area contributed by atoms with E-state index in [1.807, 2.05) is 37.9 Å². The maximum absolute atomic E-state index is 12.4. The SMILES string of the molecule is Cc1cc(C)n(CC(=O)N2CC[C@H](c3ncc(C)[nH]3)C2)n1. The van der Waals surface area contributed by atoms with Crippen LogP contribution in [0.3, 0.4) is 0 Å². The minimum Gasteiger partial charge on any atom is -0.346 e. The van der Waals surface area contributed by atoms with Crippen LogP contribution in [0.4, 0.5) is 0 Å². The fraction of sp³-hybridized carbons (Fsp3) is 0.533. The highest BCUT2D eigenvalue weighted by molar-refractivity contribution is 5.76. The molecule has 2 aromatic heterocycles. The van der Waals surface area contributed by atoms with Gasteiger partial charge in [0.1, 0.15) is 12.4 Å². The van der Waals surface area contributed by atoms with Crippen LogP contribution >= 0.6 is 0 Å². The molecule has 1 fully saturated rings. The van der Waals surface area contributed by atoms with Crippen molar-refractivity contribution in [1.29, 1.82) is 0 Å². The summed E-state index contributed by atoms with van der Waals surface area (Å²) < 4.78 is 1.78. The number of aryl methyl sites for hydroxylation is 3. The van der Waals surface area contributed by atoms with E-state index < -0.39 is 0 Å². The van der Waals surface area contributed by atoms with Gasteiger partial charge in [-0.2, -0.15) is 5.10 Å². The summed E-state index contributed by atoms with van der Waals surface area (Å²) in [5, 5.41) is 4.35. The van der Waals surface area contributed by atoms with Gasteiger partial charge in [-0.25, -0.2) is 4.98 Å². The van der Waals surface area contributed by atoms with E-state index in [1.54, 1.807) is 4.68 Å². The number of likely N-dealkylation sites (tertiary alicyclic amines) is 1. The molecule has 1 aliphatic heterocycles. The Morgan fingerprint density at radius 2 is 2.24 bits per heavy atom. The standard InChI is InChI=1S/C15H21N5O/c1-10-6-12(3)20(18-10)9-14(21)19-5-4-13(8-19)15-16-7-11(2)17-15/h6-7,13H,4-5,8-9H2,1-3H3,(H,16,17)/t13-/m0/s1. The maximum Gasteiger partial charge on any atom is 0.244 e. The first-order chi connectivity index (χ1) is 10.0. The van der Waals surface area contributed by atoms with E-state index in [0.717, 1.165) is 42.4 Å². The molecule has 112 valence electrons. The van der Waals surface area contributed by atoms with Gasteiger partial charge in [-0.3, -0.25) is 9.48 Å². The molecule has 1 aliphatic rings. The number of aromatic amines is 1. The predicted molar refractivity (Wildman–Crippen MR) is 79.0 cm³/mol. The molecule has 3 heterocycles. The van der Waals surface area contributed by atoms with Crippen LogP contribution < -0.4 is 0 Å². The van der Waals surface area contributed by atoms with Crippen molar-refractivity contribution in [2.45, 2.75) is 39.7 Å². The van der Waals surface area contributed by atoms with E-state index in [-0.39, 0.29) is 5.91 Å². The second kappa shape index (κ2) is 5.35. The van der Waals surface area contributed by atoms with Crippen LogP contribution in [0.2, 0.25) is 0 Å². The average molecular weight is 287 g/mol. The summed E-state index contributed by atoms with van der Waals surface area (Å²) in [6.45, 7) is 7.78. The highest BCUT2D eigenvalue weighted by Crippen LogP contribution is 2.25. The molecule has 1 amide bonds. The second-order valence-corrected chi connectivity index (χ2v) is 5.86. The summed E-state index contributed by atoms with van der Waals surface area (Å²) in [7, 11) is 0. The van der Waals surface area contributed by atoms with Gasteiger partial charge >= 0.3 is 0 Å². The van der Waals surface area contributed by atoms with Gasteiger partial charge in [0.15, 0.2) is 0 Å². The third-order valence-electron chi connectivity index (χ3n) is 4.04. The average Bonchev–Trinajstić information content (AvgIpc) is 3.11. The zero-order valence-corrected chi connectivity index (χ0v) is 12.8. The lowest BCUT2D eigenvalue weighted by Crippen LogP contribution is -2.32. The molecule has 1 atom stereocenters. The number of amides is 1. The van der Waals surface area contributed by atoms with Crippen molar-refractivity contribution in [3.8, 4) is 0 Å². The number of nitrogens with one attached hydrogen (secondary N) is 1. The molecule has 0 unspecified atom stereocenters. The van der Waals surface area contributed by atoms with Gasteiger partial charge in [0.25, 0.3) is 0 Å². The Morgan fingerprint density at radius 3 is 2.86 bits per heavy atom. The van der Waals surface area contributed by atoms with Crippen molar-refractivity contribution in [3.05, 3.63) is 35.2 Å². The van der Waals surface area contributed by atoms with E-state index in [9.17, 15) is 4.79 Å². The molecule has 1 N–H and O–H groups in total. The molecular weight excluding hydrogens is 266 g/mol. The minimum absolute atomic E-state index is 0.131. The summed E-state index contributed by atoms with van der Waals surface area (Å²) in [5.74, 6) is 1.45. The van der Waals surface area contributed by atoms with Gasteiger partial charge in [0, 0.05) is 36.6 Å². The number of H-pyrrole nitrogens is 1. The van der Waals surface area contributed by atoms with Crippen LogP contribution in [0, 0.1) is 20.8 Å². The third kappa shape index (κ3) is 2.84. The lowest BCUT2D eigenvalue weighted by Gasteiger charge is -2.16. The lowest BCUT2D eigenvalue weighted by atomic mass is 10.1. The highest BCUT2D eigenvalue weighted by atomic mass is 16.2. The summed E-state index contributed by atoms with van der Waals surface area (Å²) in [6.07, 6.45) is 2.81. The van der Waals surface area contributed by atoms with Gasteiger partial charge in [0.2, 0.25) is 5.91 Å². The molecule has 1 saturated heterocycles. The van der Waals surface area contributed by atoms with Gasteiger partial charge in [-0.1, -0.05) is 0 Å². The van der Waals surface area contributed by atoms with Gasteiger partial charge in [0.05, 0.1) is 5.69 Å². The number of nitrogens with zero attached hydrogens (tertiary/aromatic N) is 4. The van der Waals surface area contributed by atoms with Crippen LogP contribution in [0.5, 0.6) is 0 Å². The van der Waals surface area contributed by atoms with Gasteiger partial charge < -0.3 is 9.88 Å². The number of aromatic nitrogens is 4. The molecule has 2 aromatic rings. The molecular formula is C15H21N5O. The van der Waals surface area contributed by atoms with E-state index in [1.165, 1.54) is 0 Å². The molecule has 0 aromatic carbocycles. The van der Waals surface area contributed by atoms with Crippen molar-refractivity contribution < 1.29 is 4.79 Å². The summed E-state index contributed by atoms with van der Waals surface area (Å²) in [4.78, 5) is 22.0. The van der Waals surface area contributed by atoms with E-state index >= 15 is 0 Å². The fourth-order valence-corrected chi connectivity index (χ4v) is 2.91. The number of hydrogen-bond donors (Lipinski definition) is 1. The molecule has 3 rings (SSSR count).